The molecule has 0 aromatic heterocycles. The number of ether oxygens (including phenoxy) is 1. The fourth-order valence-electron chi connectivity index (χ4n) is 5.55. The predicted molar refractivity (Wildman–Crippen MR) is 144 cm³/mol. The summed E-state index contributed by atoms with van der Waals surface area (Å²) in [5.41, 5.74) is 3.14. The molecule has 0 spiro atoms. The van der Waals surface area contributed by atoms with E-state index in [4.69, 9.17) is 4.74 Å². The fourth-order valence-corrected chi connectivity index (χ4v) is 9.26. The first-order valence-electron chi connectivity index (χ1n) is 12.3. The summed E-state index contributed by atoms with van der Waals surface area (Å²) in [4.78, 5) is 2.39. The molecule has 2 saturated heterocycles. The van der Waals surface area contributed by atoms with Crippen molar-refractivity contribution < 1.29 is 9.30 Å². The lowest BCUT2D eigenvalue weighted by atomic mass is 10.0. The Morgan fingerprint density at radius 2 is 1.17 bits per heavy atom. The van der Waals surface area contributed by atoms with Crippen molar-refractivity contribution >= 4 is 29.6 Å². The van der Waals surface area contributed by atoms with E-state index in [-0.39, 0.29) is 5.78 Å². The van der Waals surface area contributed by atoms with Gasteiger partial charge in [-0.15, -0.1) is 0 Å². The molecule has 0 aliphatic carbocycles. The highest BCUT2D eigenvalue weighted by atomic mass is 31.2. The van der Waals surface area contributed by atoms with E-state index in [2.05, 4.69) is 81.0 Å². The highest BCUT2D eigenvalue weighted by Gasteiger charge is 2.52. The number of anilines is 2. The SMILES string of the molecule is O=P1(C(c2cccc3ccccc23)N2CCOCC2)N(c2ccccc2)CCN1c1ccccc1. The van der Waals surface area contributed by atoms with Gasteiger partial charge < -0.3 is 14.1 Å². The number of benzene rings is 4. The third-order valence-electron chi connectivity index (χ3n) is 7.14. The minimum absolute atomic E-state index is 0.291. The normalized spacial score (nSPS) is 19.2. The largest absolute Gasteiger partial charge is 0.379 e. The summed E-state index contributed by atoms with van der Waals surface area (Å²) in [7, 11) is -3.20. The summed E-state index contributed by atoms with van der Waals surface area (Å²) in [6, 6.07) is 35.4. The van der Waals surface area contributed by atoms with Gasteiger partial charge >= 0.3 is 0 Å². The molecule has 1 atom stereocenters. The van der Waals surface area contributed by atoms with E-state index in [1.54, 1.807) is 0 Å². The number of morpholine rings is 1. The molecule has 0 bridgehead atoms. The van der Waals surface area contributed by atoms with Crippen molar-refractivity contribution in [1.82, 2.24) is 4.90 Å². The average molecular weight is 484 g/mol. The summed E-state index contributed by atoms with van der Waals surface area (Å²) >= 11 is 0. The third-order valence-corrected chi connectivity index (χ3v) is 10.6. The van der Waals surface area contributed by atoms with E-state index in [1.165, 1.54) is 5.39 Å². The van der Waals surface area contributed by atoms with Crippen LogP contribution in [0.25, 0.3) is 10.8 Å². The highest BCUT2D eigenvalue weighted by Crippen LogP contribution is 2.70. The van der Waals surface area contributed by atoms with Crippen LogP contribution in [0.15, 0.2) is 103 Å². The van der Waals surface area contributed by atoms with Gasteiger partial charge in [-0.05, 0) is 40.6 Å². The lowest BCUT2D eigenvalue weighted by molar-refractivity contribution is 0.0305. The van der Waals surface area contributed by atoms with Crippen molar-refractivity contribution in [3.63, 3.8) is 0 Å². The predicted octanol–water partition coefficient (Wildman–Crippen LogP) is 6.39. The Kier molecular flexibility index (Phi) is 6.07. The second-order valence-electron chi connectivity index (χ2n) is 9.10. The fraction of sp³-hybridized carbons (Fsp3) is 0.241. The van der Waals surface area contributed by atoms with Crippen molar-refractivity contribution in [2.24, 2.45) is 0 Å². The molecule has 5 nitrogen and oxygen atoms in total. The first-order valence-corrected chi connectivity index (χ1v) is 14.0. The molecular formula is C29H30N3O2P. The number of rotatable bonds is 5. The zero-order valence-corrected chi connectivity index (χ0v) is 20.6. The number of hydrogen-bond acceptors (Lipinski definition) is 3. The van der Waals surface area contributed by atoms with E-state index < -0.39 is 7.44 Å². The van der Waals surface area contributed by atoms with Crippen molar-refractivity contribution in [3.8, 4) is 0 Å². The monoisotopic (exact) mass is 483 g/mol. The Bertz CT molecular complexity index is 1290. The standard InChI is InChI=1S/C29H30N3O2P/c33-35(31(25-12-3-1-4-13-25)18-19-32(35)26-14-5-2-6-15-26)29(30-20-22-34-23-21-30)28-17-9-11-24-10-7-8-16-27(24)28/h1-17,29H,18-23H2. The topological polar surface area (TPSA) is 36.0 Å². The molecule has 0 N–H and O–H groups in total. The zero-order valence-electron chi connectivity index (χ0n) is 19.7. The molecular weight excluding hydrogens is 453 g/mol. The molecule has 0 saturated carbocycles. The molecule has 4 aromatic rings. The number of para-hydroxylation sites is 2. The summed E-state index contributed by atoms with van der Waals surface area (Å²) in [5, 5.41) is 2.33. The molecule has 6 heteroatoms. The minimum atomic E-state index is -3.20. The van der Waals surface area contributed by atoms with Gasteiger partial charge in [0.2, 0.25) is 0 Å². The van der Waals surface area contributed by atoms with Gasteiger partial charge in [-0.25, -0.2) is 0 Å². The van der Waals surface area contributed by atoms with E-state index in [9.17, 15) is 0 Å². The molecule has 35 heavy (non-hydrogen) atoms. The second-order valence-corrected chi connectivity index (χ2v) is 11.7. The molecule has 2 aliphatic rings. The Morgan fingerprint density at radius 3 is 1.80 bits per heavy atom. The molecule has 1 unspecified atom stereocenters. The molecule has 2 fully saturated rings. The van der Waals surface area contributed by atoms with Gasteiger partial charge in [0.25, 0.3) is 7.44 Å². The first kappa shape index (κ1) is 22.4. The van der Waals surface area contributed by atoms with Gasteiger partial charge in [-0.1, -0.05) is 78.9 Å². The van der Waals surface area contributed by atoms with Crippen LogP contribution >= 0.6 is 7.44 Å². The Hall–Kier alpha value is -3.11. The summed E-state index contributed by atoms with van der Waals surface area (Å²) in [5.74, 6) is -0.291. The van der Waals surface area contributed by atoms with Crippen molar-refractivity contribution in [2.45, 2.75) is 5.78 Å². The molecule has 0 amide bonds. The maximum absolute atomic E-state index is 15.9. The Labute approximate surface area is 207 Å². The molecule has 2 aliphatic heterocycles. The van der Waals surface area contributed by atoms with E-state index in [1.807, 2.05) is 36.4 Å². The first-order chi connectivity index (χ1) is 17.3. The number of nitrogens with zero attached hydrogens (tertiary/aromatic N) is 3. The average Bonchev–Trinajstić information content (AvgIpc) is 3.28. The minimum Gasteiger partial charge on any atom is -0.379 e. The summed E-state index contributed by atoms with van der Waals surface area (Å²) in [6.45, 7) is 4.23. The second kappa shape index (κ2) is 9.50. The molecule has 0 radical (unpaired) electrons. The van der Waals surface area contributed by atoms with Crippen LogP contribution in [0.1, 0.15) is 11.3 Å². The van der Waals surface area contributed by atoms with Crippen LogP contribution in [0.5, 0.6) is 0 Å². The summed E-state index contributed by atoms with van der Waals surface area (Å²) < 4.78 is 26.0. The van der Waals surface area contributed by atoms with Crippen molar-refractivity contribution in [1.29, 1.82) is 0 Å². The smallest absolute Gasteiger partial charge is 0.284 e. The van der Waals surface area contributed by atoms with E-state index >= 15 is 4.57 Å². The lowest BCUT2D eigenvalue weighted by Gasteiger charge is -2.44. The van der Waals surface area contributed by atoms with Crippen LogP contribution in [-0.2, 0) is 9.30 Å². The van der Waals surface area contributed by atoms with Gasteiger partial charge in [0.15, 0.2) is 0 Å². The Balaban J connectivity index is 1.60. The van der Waals surface area contributed by atoms with Crippen molar-refractivity contribution in [3.05, 3.63) is 109 Å². The van der Waals surface area contributed by atoms with Crippen LogP contribution in [-0.4, -0.2) is 44.3 Å². The number of hydrogen-bond donors (Lipinski definition) is 0. The van der Waals surface area contributed by atoms with E-state index in [0.29, 0.717) is 26.3 Å². The molecule has 178 valence electrons. The lowest BCUT2D eigenvalue weighted by Crippen LogP contribution is -2.42. The quantitative estimate of drug-likeness (QED) is 0.308. The van der Waals surface area contributed by atoms with Gasteiger partial charge in [-0.3, -0.25) is 9.46 Å². The van der Waals surface area contributed by atoms with Gasteiger partial charge in [0, 0.05) is 37.6 Å². The molecule has 6 rings (SSSR count). The number of fused-ring (bicyclic) bond motifs is 1. The van der Waals surface area contributed by atoms with Crippen LogP contribution in [0.3, 0.4) is 0 Å². The van der Waals surface area contributed by atoms with Crippen LogP contribution in [0.2, 0.25) is 0 Å². The van der Waals surface area contributed by atoms with Gasteiger partial charge in [-0.2, -0.15) is 0 Å². The zero-order chi connectivity index (χ0) is 23.7. The van der Waals surface area contributed by atoms with Crippen molar-refractivity contribution in [2.75, 3.05) is 48.7 Å². The maximum Gasteiger partial charge on any atom is 0.284 e. The van der Waals surface area contributed by atoms with Gasteiger partial charge in [0.1, 0.15) is 5.78 Å². The summed E-state index contributed by atoms with van der Waals surface area (Å²) in [6.07, 6.45) is 0. The van der Waals surface area contributed by atoms with Crippen LogP contribution in [0.4, 0.5) is 11.4 Å². The van der Waals surface area contributed by atoms with E-state index in [0.717, 1.165) is 35.4 Å². The van der Waals surface area contributed by atoms with Crippen LogP contribution < -0.4 is 9.34 Å². The highest BCUT2D eigenvalue weighted by molar-refractivity contribution is 7.67. The van der Waals surface area contributed by atoms with Gasteiger partial charge in [0.05, 0.1) is 13.2 Å². The Morgan fingerprint density at radius 1 is 0.629 bits per heavy atom. The molecule has 2 heterocycles. The third kappa shape index (κ3) is 3.94. The molecule has 4 aromatic carbocycles. The maximum atomic E-state index is 15.9. The van der Waals surface area contributed by atoms with Crippen LogP contribution in [0, 0.1) is 0 Å².